The summed E-state index contributed by atoms with van der Waals surface area (Å²) in [6, 6.07) is 0. The monoisotopic (exact) mass is 372 g/mol. The Morgan fingerprint density at radius 2 is 1.32 bits per heavy atom. The molecule has 2 N–H and O–H groups in total. The molecule has 5 heteroatoms. The van der Waals surface area contributed by atoms with Gasteiger partial charge in [-0.2, -0.15) is 0 Å². The van der Waals surface area contributed by atoms with Crippen molar-refractivity contribution in [3.05, 3.63) is 0 Å². The van der Waals surface area contributed by atoms with E-state index in [2.05, 4.69) is 13.8 Å². The Bertz CT molecular complexity index is 373. The van der Waals surface area contributed by atoms with Gasteiger partial charge in [0.2, 0.25) is 4.75 Å². The van der Waals surface area contributed by atoms with Crippen LogP contribution in [-0.4, -0.2) is 32.1 Å². The summed E-state index contributed by atoms with van der Waals surface area (Å²) in [5.41, 5.74) is 0. The van der Waals surface area contributed by atoms with E-state index in [0.717, 1.165) is 25.7 Å². The molecular weight excluding hydrogens is 336 g/mol. The van der Waals surface area contributed by atoms with Crippen molar-refractivity contribution in [2.24, 2.45) is 5.92 Å². The molecule has 0 aromatic heterocycles. The van der Waals surface area contributed by atoms with Crippen molar-refractivity contribution in [3.8, 4) is 0 Å². The van der Waals surface area contributed by atoms with Gasteiger partial charge in [0.15, 0.2) is 0 Å². The molecular formula is C20H36O4S. The number of carboxylic acids is 2. The summed E-state index contributed by atoms with van der Waals surface area (Å²) < 4.78 is -1.62. The minimum atomic E-state index is -1.62. The fourth-order valence-electron chi connectivity index (χ4n) is 3.81. The van der Waals surface area contributed by atoms with Crippen molar-refractivity contribution in [2.45, 2.75) is 107 Å². The summed E-state index contributed by atoms with van der Waals surface area (Å²) >= 11 is 1.22. The summed E-state index contributed by atoms with van der Waals surface area (Å²) in [4.78, 5) is 23.4. The van der Waals surface area contributed by atoms with E-state index in [0.29, 0.717) is 0 Å². The van der Waals surface area contributed by atoms with E-state index in [4.69, 9.17) is 0 Å². The summed E-state index contributed by atoms with van der Waals surface area (Å²) in [6.45, 7) is 4.38. The molecule has 1 heterocycles. The zero-order valence-electron chi connectivity index (χ0n) is 16.0. The van der Waals surface area contributed by atoms with Gasteiger partial charge >= 0.3 is 11.9 Å². The largest absolute Gasteiger partial charge is 0.480 e. The lowest BCUT2D eigenvalue weighted by Gasteiger charge is -2.18. The van der Waals surface area contributed by atoms with Gasteiger partial charge in [0.1, 0.15) is 0 Å². The molecule has 0 bridgehead atoms. The van der Waals surface area contributed by atoms with Gasteiger partial charge in [0.05, 0.1) is 0 Å². The van der Waals surface area contributed by atoms with Crippen LogP contribution in [0.2, 0.25) is 0 Å². The quantitative estimate of drug-likeness (QED) is 0.300. The van der Waals surface area contributed by atoms with Crippen molar-refractivity contribution in [3.63, 3.8) is 0 Å². The molecule has 0 spiro atoms. The van der Waals surface area contributed by atoms with Crippen LogP contribution in [0.15, 0.2) is 0 Å². The molecule has 1 fully saturated rings. The van der Waals surface area contributed by atoms with E-state index in [1.165, 1.54) is 63.1 Å². The van der Waals surface area contributed by atoms with E-state index >= 15 is 0 Å². The zero-order valence-corrected chi connectivity index (χ0v) is 16.8. The SMILES string of the molecule is CCCCCCCC1CC(C(=O)O)(C(=O)O)SC1CCCCCCC. The molecule has 0 aromatic rings. The Labute approximate surface area is 157 Å². The average Bonchev–Trinajstić information content (AvgIpc) is 2.95. The zero-order chi connectivity index (χ0) is 18.7. The predicted octanol–water partition coefficient (Wildman–Crippen LogP) is 5.74. The van der Waals surface area contributed by atoms with E-state index in [1.54, 1.807) is 0 Å². The first-order chi connectivity index (χ1) is 12.0. The van der Waals surface area contributed by atoms with Crippen LogP contribution < -0.4 is 0 Å². The number of hydrogen-bond acceptors (Lipinski definition) is 3. The second kappa shape index (κ2) is 11.8. The topological polar surface area (TPSA) is 74.6 Å². The third-order valence-corrected chi connectivity index (χ3v) is 7.23. The summed E-state index contributed by atoms with van der Waals surface area (Å²) in [7, 11) is 0. The molecule has 0 amide bonds. The molecule has 0 aromatic carbocycles. The number of carbonyl (C=O) groups is 2. The fourth-order valence-corrected chi connectivity index (χ4v) is 5.55. The first-order valence-electron chi connectivity index (χ1n) is 10.1. The first kappa shape index (κ1) is 22.3. The van der Waals surface area contributed by atoms with Gasteiger partial charge in [0, 0.05) is 5.25 Å². The van der Waals surface area contributed by atoms with Gasteiger partial charge < -0.3 is 10.2 Å². The first-order valence-corrected chi connectivity index (χ1v) is 11.0. The molecule has 2 unspecified atom stereocenters. The predicted molar refractivity (Wildman–Crippen MR) is 104 cm³/mol. The normalized spacial score (nSPS) is 22.2. The molecule has 1 saturated heterocycles. The molecule has 0 radical (unpaired) electrons. The fraction of sp³-hybridized carbons (Fsp3) is 0.900. The molecule has 25 heavy (non-hydrogen) atoms. The minimum Gasteiger partial charge on any atom is -0.480 e. The van der Waals surface area contributed by atoms with Crippen LogP contribution in [0.5, 0.6) is 0 Å². The van der Waals surface area contributed by atoms with Crippen LogP contribution in [0.1, 0.15) is 97.3 Å². The third kappa shape index (κ3) is 6.84. The van der Waals surface area contributed by atoms with Gasteiger partial charge in [0.25, 0.3) is 0 Å². The highest BCUT2D eigenvalue weighted by molar-refractivity contribution is 8.03. The average molecular weight is 373 g/mol. The molecule has 2 atom stereocenters. The second-order valence-corrected chi connectivity index (χ2v) is 9.00. The standard InChI is InChI=1S/C20H36O4S/c1-3-5-7-9-11-13-16-15-20(18(21)22,19(23)24)25-17(16)14-12-10-8-6-4-2/h16-17H,3-15H2,1-2H3,(H,21,22)(H,23,24). The maximum atomic E-state index is 11.7. The van der Waals surface area contributed by atoms with E-state index in [1.807, 2.05) is 0 Å². The van der Waals surface area contributed by atoms with Crippen molar-refractivity contribution in [2.75, 3.05) is 0 Å². The Kier molecular flexibility index (Phi) is 10.6. The number of carboxylic acid groups (broad SMARTS) is 2. The lowest BCUT2D eigenvalue weighted by molar-refractivity contribution is -0.152. The molecule has 4 nitrogen and oxygen atoms in total. The Hall–Kier alpha value is -0.710. The van der Waals surface area contributed by atoms with Crippen LogP contribution in [0.4, 0.5) is 0 Å². The van der Waals surface area contributed by atoms with Crippen molar-refractivity contribution in [1.82, 2.24) is 0 Å². The maximum absolute atomic E-state index is 11.7. The molecule has 0 saturated carbocycles. The molecule has 1 rings (SSSR count). The smallest absolute Gasteiger partial charge is 0.331 e. The molecule has 0 aliphatic carbocycles. The van der Waals surface area contributed by atoms with Gasteiger partial charge in [-0.25, -0.2) is 0 Å². The van der Waals surface area contributed by atoms with Crippen LogP contribution in [0.3, 0.4) is 0 Å². The summed E-state index contributed by atoms with van der Waals surface area (Å²) in [5.74, 6) is -2.12. The van der Waals surface area contributed by atoms with Crippen LogP contribution in [0.25, 0.3) is 0 Å². The van der Waals surface area contributed by atoms with Gasteiger partial charge in [-0.05, 0) is 25.2 Å². The highest BCUT2D eigenvalue weighted by Gasteiger charge is 2.56. The molecule has 1 aliphatic heterocycles. The van der Waals surface area contributed by atoms with Crippen LogP contribution in [-0.2, 0) is 9.59 Å². The number of rotatable bonds is 14. The Morgan fingerprint density at radius 1 is 0.840 bits per heavy atom. The van der Waals surface area contributed by atoms with E-state index in [9.17, 15) is 19.8 Å². The van der Waals surface area contributed by atoms with Crippen LogP contribution in [0, 0.1) is 5.92 Å². The number of hydrogen-bond donors (Lipinski definition) is 2. The molecule has 1 aliphatic rings. The number of unbranched alkanes of at least 4 members (excludes halogenated alkanes) is 8. The lowest BCUT2D eigenvalue weighted by atomic mass is 9.86. The number of thioether (sulfide) groups is 1. The second-order valence-electron chi connectivity index (χ2n) is 7.46. The minimum absolute atomic E-state index is 0.181. The van der Waals surface area contributed by atoms with Gasteiger partial charge in [-0.3, -0.25) is 9.59 Å². The summed E-state index contributed by atoms with van der Waals surface area (Å²) in [6.07, 6.45) is 14.1. The van der Waals surface area contributed by atoms with Crippen molar-refractivity contribution in [1.29, 1.82) is 0 Å². The summed E-state index contributed by atoms with van der Waals surface area (Å²) in [5, 5.41) is 19.3. The highest BCUT2D eigenvalue weighted by Crippen LogP contribution is 2.51. The van der Waals surface area contributed by atoms with Crippen molar-refractivity contribution >= 4 is 23.7 Å². The Balaban J connectivity index is 2.60. The van der Waals surface area contributed by atoms with Crippen molar-refractivity contribution < 1.29 is 19.8 Å². The van der Waals surface area contributed by atoms with E-state index < -0.39 is 16.7 Å². The maximum Gasteiger partial charge on any atom is 0.331 e. The highest BCUT2D eigenvalue weighted by atomic mass is 32.2. The van der Waals surface area contributed by atoms with Gasteiger partial charge in [-0.15, -0.1) is 11.8 Å². The van der Waals surface area contributed by atoms with Gasteiger partial charge in [-0.1, -0.05) is 78.1 Å². The lowest BCUT2D eigenvalue weighted by Crippen LogP contribution is -2.41. The third-order valence-electron chi connectivity index (χ3n) is 5.39. The van der Waals surface area contributed by atoms with E-state index in [-0.39, 0.29) is 17.6 Å². The van der Waals surface area contributed by atoms with Crippen LogP contribution >= 0.6 is 11.8 Å². The Morgan fingerprint density at radius 3 is 1.80 bits per heavy atom. The number of aliphatic carboxylic acids is 2. The molecule has 146 valence electrons.